The van der Waals surface area contributed by atoms with Gasteiger partial charge in [0.25, 0.3) is 0 Å². The van der Waals surface area contributed by atoms with Gasteiger partial charge in [0.05, 0.1) is 5.02 Å². The van der Waals surface area contributed by atoms with Gasteiger partial charge in [-0.15, -0.1) is 0 Å². The molecule has 0 saturated carbocycles. The van der Waals surface area contributed by atoms with Crippen LogP contribution in [-0.4, -0.2) is 0 Å². The highest BCUT2D eigenvalue weighted by molar-refractivity contribution is 6.34. The number of hydrogen-bond donors (Lipinski definition) is 0. The summed E-state index contributed by atoms with van der Waals surface area (Å²) < 4.78 is 5.57. The van der Waals surface area contributed by atoms with Gasteiger partial charge < -0.3 is 4.42 Å². The molecule has 1 aromatic carbocycles. The smallest absolute Gasteiger partial charge is 0.152 e. The van der Waals surface area contributed by atoms with Crippen molar-refractivity contribution in [2.45, 2.75) is 20.3 Å². The zero-order valence-corrected chi connectivity index (χ0v) is 8.48. The zero-order valence-electron chi connectivity index (χ0n) is 7.73. The molecular formula is C11H11ClO. The molecule has 0 bridgehead atoms. The molecule has 0 amide bonds. The van der Waals surface area contributed by atoms with Crippen LogP contribution in [0.15, 0.2) is 22.6 Å². The van der Waals surface area contributed by atoms with E-state index < -0.39 is 0 Å². The van der Waals surface area contributed by atoms with Crippen molar-refractivity contribution in [2.24, 2.45) is 0 Å². The molecule has 0 fully saturated rings. The first-order valence-corrected chi connectivity index (χ1v) is 4.77. The lowest BCUT2D eigenvalue weighted by atomic mass is 10.2. The van der Waals surface area contributed by atoms with E-state index in [1.54, 1.807) is 0 Å². The molecule has 13 heavy (non-hydrogen) atoms. The van der Waals surface area contributed by atoms with E-state index in [-0.39, 0.29) is 0 Å². The van der Waals surface area contributed by atoms with Crippen molar-refractivity contribution in [2.75, 3.05) is 0 Å². The fourth-order valence-electron chi connectivity index (χ4n) is 1.48. The van der Waals surface area contributed by atoms with Gasteiger partial charge in [-0.2, -0.15) is 0 Å². The summed E-state index contributed by atoms with van der Waals surface area (Å²) in [5.41, 5.74) is 1.98. The van der Waals surface area contributed by atoms with E-state index in [0.717, 1.165) is 23.2 Å². The van der Waals surface area contributed by atoms with Crippen molar-refractivity contribution in [3.8, 4) is 0 Å². The van der Waals surface area contributed by atoms with Gasteiger partial charge in [-0.3, -0.25) is 0 Å². The Labute approximate surface area is 82.3 Å². The Hall–Kier alpha value is -0.950. The standard InChI is InChI=1S/C11H11ClO/c1-3-9-6-8-4-7(2)5-10(12)11(8)13-9/h4-6H,3H2,1-2H3. The Morgan fingerprint density at radius 3 is 2.77 bits per heavy atom. The molecule has 0 atom stereocenters. The van der Waals surface area contributed by atoms with Crippen LogP contribution in [0.3, 0.4) is 0 Å². The molecule has 1 heterocycles. The molecule has 0 aliphatic carbocycles. The predicted octanol–water partition coefficient (Wildman–Crippen LogP) is 3.96. The third-order valence-corrected chi connectivity index (χ3v) is 2.40. The van der Waals surface area contributed by atoms with Crippen LogP contribution in [0.25, 0.3) is 11.0 Å². The highest BCUT2D eigenvalue weighted by Gasteiger charge is 2.06. The SMILES string of the molecule is CCc1cc2cc(C)cc(Cl)c2o1. The van der Waals surface area contributed by atoms with Crippen molar-refractivity contribution in [3.05, 3.63) is 34.5 Å². The molecule has 2 rings (SSSR count). The molecule has 0 unspecified atom stereocenters. The maximum atomic E-state index is 6.04. The van der Waals surface area contributed by atoms with Crippen LogP contribution in [0.2, 0.25) is 5.02 Å². The highest BCUT2D eigenvalue weighted by atomic mass is 35.5. The molecule has 0 N–H and O–H groups in total. The molecule has 0 aliphatic heterocycles. The summed E-state index contributed by atoms with van der Waals surface area (Å²) in [5, 5.41) is 1.80. The van der Waals surface area contributed by atoms with Gasteiger partial charge in [-0.05, 0) is 30.7 Å². The first kappa shape index (κ1) is 8.64. The fraction of sp³-hybridized carbons (Fsp3) is 0.273. The molecule has 1 aromatic heterocycles. The number of halogens is 1. The molecule has 0 radical (unpaired) electrons. The van der Waals surface area contributed by atoms with E-state index in [1.165, 1.54) is 5.56 Å². The molecule has 0 spiro atoms. The molecule has 0 aliphatic rings. The minimum atomic E-state index is 0.703. The summed E-state index contributed by atoms with van der Waals surface area (Å²) >= 11 is 6.04. The lowest BCUT2D eigenvalue weighted by Gasteiger charge is -1.94. The van der Waals surface area contributed by atoms with Crippen LogP contribution < -0.4 is 0 Å². The number of rotatable bonds is 1. The lowest BCUT2D eigenvalue weighted by Crippen LogP contribution is -1.71. The first-order valence-electron chi connectivity index (χ1n) is 4.39. The number of furan rings is 1. The van der Waals surface area contributed by atoms with E-state index in [9.17, 15) is 0 Å². The third kappa shape index (κ3) is 1.44. The average molecular weight is 195 g/mol. The van der Waals surface area contributed by atoms with Gasteiger partial charge in [-0.25, -0.2) is 0 Å². The van der Waals surface area contributed by atoms with E-state index in [1.807, 2.05) is 19.1 Å². The monoisotopic (exact) mass is 194 g/mol. The van der Waals surface area contributed by atoms with Gasteiger partial charge >= 0.3 is 0 Å². The van der Waals surface area contributed by atoms with E-state index in [2.05, 4.69) is 13.0 Å². The molecule has 0 saturated heterocycles. The predicted molar refractivity (Wildman–Crippen MR) is 55.3 cm³/mol. The Kier molecular flexibility index (Phi) is 2.04. The van der Waals surface area contributed by atoms with Crippen LogP contribution in [0.1, 0.15) is 18.2 Å². The van der Waals surface area contributed by atoms with E-state index in [4.69, 9.17) is 16.0 Å². The number of aryl methyl sites for hydroxylation is 2. The maximum Gasteiger partial charge on any atom is 0.152 e. The zero-order chi connectivity index (χ0) is 9.42. The van der Waals surface area contributed by atoms with Crippen LogP contribution >= 0.6 is 11.6 Å². The van der Waals surface area contributed by atoms with Crippen molar-refractivity contribution >= 4 is 22.6 Å². The summed E-state index contributed by atoms with van der Waals surface area (Å²) in [5.74, 6) is 0.988. The van der Waals surface area contributed by atoms with Gasteiger partial charge in [-0.1, -0.05) is 18.5 Å². The van der Waals surface area contributed by atoms with Crippen LogP contribution in [0, 0.1) is 6.92 Å². The number of hydrogen-bond acceptors (Lipinski definition) is 1. The summed E-state index contributed by atoms with van der Waals surface area (Å²) in [6.07, 6.45) is 0.907. The molecular weight excluding hydrogens is 184 g/mol. The topological polar surface area (TPSA) is 13.1 Å². The van der Waals surface area contributed by atoms with E-state index in [0.29, 0.717) is 5.02 Å². The van der Waals surface area contributed by atoms with Crippen molar-refractivity contribution in [3.63, 3.8) is 0 Å². The quantitative estimate of drug-likeness (QED) is 0.670. The van der Waals surface area contributed by atoms with E-state index >= 15 is 0 Å². The molecule has 1 nitrogen and oxygen atoms in total. The summed E-state index contributed by atoms with van der Waals surface area (Å²) in [6.45, 7) is 4.10. The summed E-state index contributed by atoms with van der Waals surface area (Å²) in [7, 11) is 0. The fourth-order valence-corrected chi connectivity index (χ4v) is 1.80. The second kappa shape index (κ2) is 3.08. The Morgan fingerprint density at radius 1 is 1.31 bits per heavy atom. The Bertz CT molecular complexity index is 443. The maximum absolute atomic E-state index is 6.04. The molecule has 2 heteroatoms. The van der Waals surface area contributed by atoms with Crippen LogP contribution in [0.4, 0.5) is 0 Å². The lowest BCUT2D eigenvalue weighted by molar-refractivity contribution is 0.557. The largest absolute Gasteiger partial charge is 0.460 e. The Morgan fingerprint density at radius 2 is 2.08 bits per heavy atom. The minimum Gasteiger partial charge on any atom is -0.460 e. The van der Waals surface area contributed by atoms with Crippen molar-refractivity contribution in [1.82, 2.24) is 0 Å². The second-order valence-electron chi connectivity index (χ2n) is 3.23. The minimum absolute atomic E-state index is 0.703. The summed E-state index contributed by atoms with van der Waals surface area (Å²) in [6, 6.07) is 6.06. The van der Waals surface area contributed by atoms with Crippen molar-refractivity contribution < 1.29 is 4.42 Å². The van der Waals surface area contributed by atoms with Gasteiger partial charge in [0.15, 0.2) is 5.58 Å². The highest BCUT2D eigenvalue weighted by Crippen LogP contribution is 2.28. The second-order valence-corrected chi connectivity index (χ2v) is 3.64. The Balaban J connectivity index is 2.75. The number of benzene rings is 1. The average Bonchev–Trinajstić information content (AvgIpc) is 2.47. The number of fused-ring (bicyclic) bond motifs is 1. The summed E-state index contributed by atoms with van der Waals surface area (Å²) in [4.78, 5) is 0. The third-order valence-electron chi connectivity index (χ3n) is 2.11. The van der Waals surface area contributed by atoms with Crippen LogP contribution in [-0.2, 0) is 6.42 Å². The van der Waals surface area contributed by atoms with Crippen molar-refractivity contribution in [1.29, 1.82) is 0 Å². The first-order chi connectivity index (χ1) is 6.20. The normalized spacial score (nSPS) is 11.0. The van der Waals surface area contributed by atoms with Gasteiger partial charge in [0, 0.05) is 11.8 Å². The van der Waals surface area contributed by atoms with Gasteiger partial charge in [0.2, 0.25) is 0 Å². The molecule has 68 valence electrons. The van der Waals surface area contributed by atoms with Gasteiger partial charge in [0.1, 0.15) is 5.76 Å². The van der Waals surface area contributed by atoms with Crippen LogP contribution in [0.5, 0.6) is 0 Å². The molecule has 2 aromatic rings.